The number of rotatable bonds is 6. The molecule has 5 heteroatoms. The van der Waals surface area contributed by atoms with Crippen molar-refractivity contribution in [3.63, 3.8) is 0 Å². The van der Waals surface area contributed by atoms with E-state index in [0.717, 1.165) is 45.3 Å². The van der Waals surface area contributed by atoms with Crippen LogP contribution in [0, 0.1) is 5.41 Å². The molecule has 116 valence electrons. The number of amides is 2. The quantitative estimate of drug-likeness (QED) is 0.696. The second-order valence-corrected chi connectivity index (χ2v) is 6.43. The van der Waals surface area contributed by atoms with E-state index in [-0.39, 0.29) is 23.6 Å². The predicted octanol–water partition coefficient (Wildman–Crippen LogP) is 1.80. The summed E-state index contributed by atoms with van der Waals surface area (Å²) >= 11 is 0. The van der Waals surface area contributed by atoms with Gasteiger partial charge in [0.2, 0.25) is 0 Å². The van der Waals surface area contributed by atoms with E-state index >= 15 is 0 Å². The second-order valence-electron chi connectivity index (χ2n) is 6.43. The van der Waals surface area contributed by atoms with Crippen LogP contribution in [0.3, 0.4) is 0 Å². The van der Waals surface area contributed by atoms with Gasteiger partial charge < -0.3 is 20.5 Å². The molecular weight excluding hydrogens is 256 g/mol. The molecule has 20 heavy (non-hydrogen) atoms. The summed E-state index contributed by atoms with van der Waals surface area (Å²) in [6.45, 7) is 1.52. The van der Waals surface area contributed by atoms with Gasteiger partial charge in [-0.25, -0.2) is 4.79 Å². The van der Waals surface area contributed by atoms with Crippen molar-refractivity contribution in [2.45, 2.75) is 63.5 Å². The summed E-state index contributed by atoms with van der Waals surface area (Å²) in [4.78, 5) is 11.9. The number of aliphatic hydroxyl groups is 1. The van der Waals surface area contributed by atoms with Crippen LogP contribution in [0.1, 0.15) is 51.4 Å². The lowest BCUT2D eigenvalue weighted by Crippen LogP contribution is -2.49. The van der Waals surface area contributed by atoms with Crippen molar-refractivity contribution in [3.8, 4) is 0 Å². The smallest absolute Gasteiger partial charge is 0.315 e. The summed E-state index contributed by atoms with van der Waals surface area (Å²) in [5, 5.41) is 15.5. The SMILES string of the molecule is COCCC1(CNC(=O)NC2CCC(O)CC2)CCC1. The highest BCUT2D eigenvalue weighted by atomic mass is 16.5. The van der Waals surface area contributed by atoms with Crippen molar-refractivity contribution in [3.05, 3.63) is 0 Å². The van der Waals surface area contributed by atoms with Crippen LogP contribution in [-0.2, 0) is 4.74 Å². The molecule has 0 unspecified atom stereocenters. The number of hydrogen-bond donors (Lipinski definition) is 3. The zero-order chi connectivity index (χ0) is 14.4. The number of aliphatic hydroxyl groups excluding tert-OH is 1. The zero-order valence-electron chi connectivity index (χ0n) is 12.5. The third-order valence-electron chi connectivity index (χ3n) is 4.91. The summed E-state index contributed by atoms with van der Waals surface area (Å²) in [5.41, 5.74) is 0.260. The van der Waals surface area contributed by atoms with Crippen molar-refractivity contribution in [1.82, 2.24) is 10.6 Å². The Labute approximate surface area is 121 Å². The van der Waals surface area contributed by atoms with Crippen molar-refractivity contribution >= 4 is 6.03 Å². The largest absolute Gasteiger partial charge is 0.393 e. The minimum atomic E-state index is -0.177. The normalized spacial score (nSPS) is 28.5. The molecule has 0 aromatic heterocycles. The zero-order valence-corrected chi connectivity index (χ0v) is 12.5. The van der Waals surface area contributed by atoms with Crippen LogP contribution in [0.4, 0.5) is 4.79 Å². The lowest BCUT2D eigenvalue weighted by molar-refractivity contribution is 0.0707. The Morgan fingerprint density at radius 1 is 1.30 bits per heavy atom. The Morgan fingerprint density at radius 3 is 2.55 bits per heavy atom. The average molecular weight is 284 g/mol. The van der Waals surface area contributed by atoms with Gasteiger partial charge in [-0.3, -0.25) is 0 Å². The van der Waals surface area contributed by atoms with Gasteiger partial charge in [0.25, 0.3) is 0 Å². The molecule has 3 N–H and O–H groups in total. The number of ether oxygens (including phenoxy) is 1. The van der Waals surface area contributed by atoms with Crippen molar-refractivity contribution < 1.29 is 14.6 Å². The second kappa shape index (κ2) is 7.27. The Balaban J connectivity index is 1.66. The van der Waals surface area contributed by atoms with Gasteiger partial charge in [-0.2, -0.15) is 0 Å². The van der Waals surface area contributed by atoms with Crippen LogP contribution in [-0.4, -0.2) is 43.5 Å². The minimum Gasteiger partial charge on any atom is -0.393 e. The molecule has 0 saturated heterocycles. The Bertz CT molecular complexity index is 310. The summed E-state index contributed by atoms with van der Waals surface area (Å²) in [6.07, 6.45) is 7.83. The maximum absolute atomic E-state index is 11.9. The van der Waals surface area contributed by atoms with Crippen LogP contribution in [0.15, 0.2) is 0 Å². The topological polar surface area (TPSA) is 70.6 Å². The first-order valence-electron chi connectivity index (χ1n) is 7.85. The van der Waals surface area contributed by atoms with Crippen LogP contribution in [0.25, 0.3) is 0 Å². The first kappa shape index (κ1) is 15.6. The lowest BCUT2D eigenvalue weighted by atomic mass is 9.67. The van der Waals surface area contributed by atoms with E-state index in [2.05, 4.69) is 10.6 Å². The maximum Gasteiger partial charge on any atom is 0.315 e. The van der Waals surface area contributed by atoms with E-state index in [4.69, 9.17) is 4.74 Å². The van der Waals surface area contributed by atoms with Crippen LogP contribution in [0.2, 0.25) is 0 Å². The van der Waals surface area contributed by atoms with Gasteiger partial charge in [-0.1, -0.05) is 6.42 Å². The van der Waals surface area contributed by atoms with Gasteiger partial charge in [-0.15, -0.1) is 0 Å². The summed E-state index contributed by atoms with van der Waals surface area (Å²) < 4.78 is 5.16. The first-order chi connectivity index (χ1) is 9.63. The summed E-state index contributed by atoms with van der Waals surface area (Å²) in [6, 6.07) is 0.157. The molecule has 0 radical (unpaired) electrons. The molecule has 2 amide bonds. The van der Waals surface area contributed by atoms with E-state index in [1.54, 1.807) is 7.11 Å². The molecule has 0 aromatic carbocycles. The number of methoxy groups -OCH3 is 1. The standard InChI is InChI=1S/C15H28N2O3/c1-20-10-9-15(7-2-8-15)11-16-14(19)17-12-3-5-13(18)6-4-12/h12-13,18H,2-11H2,1H3,(H2,16,17,19). The monoisotopic (exact) mass is 284 g/mol. The van der Waals surface area contributed by atoms with E-state index in [9.17, 15) is 9.90 Å². The van der Waals surface area contributed by atoms with E-state index in [1.807, 2.05) is 0 Å². The van der Waals surface area contributed by atoms with Gasteiger partial charge in [0, 0.05) is 26.3 Å². The minimum absolute atomic E-state index is 0.0601. The molecule has 0 atom stereocenters. The highest BCUT2D eigenvalue weighted by molar-refractivity contribution is 5.74. The molecule has 5 nitrogen and oxygen atoms in total. The molecule has 2 aliphatic carbocycles. The molecule has 0 spiro atoms. The third-order valence-corrected chi connectivity index (χ3v) is 4.91. The Kier molecular flexibility index (Phi) is 5.66. The van der Waals surface area contributed by atoms with E-state index < -0.39 is 0 Å². The maximum atomic E-state index is 11.9. The molecule has 2 fully saturated rings. The fraction of sp³-hybridized carbons (Fsp3) is 0.933. The number of carbonyl (C=O) groups is 1. The number of hydrogen-bond acceptors (Lipinski definition) is 3. The first-order valence-corrected chi connectivity index (χ1v) is 7.85. The molecule has 0 bridgehead atoms. The fourth-order valence-corrected chi connectivity index (χ4v) is 3.23. The van der Waals surface area contributed by atoms with Crippen molar-refractivity contribution in [2.24, 2.45) is 5.41 Å². The Hall–Kier alpha value is -0.810. The average Bonchev–Trinajstić information content (AvgIpc) is 2.40. The van der Waals surface area contributed by atoms with Crippen molar-refractivity contribution in [1.29, 1.82) is 0 Å². The molecular formula is C15H28N2O3. The van der Waals surface area contributed by atoms with Gasteiger partial charge >= 0.3 is 6.03 Å². The van der Waals surface area contributed by atoms with Crippen LogP contribution < -0.4 is 10.6 Å². The van der Waals surface area contributed by atoms with Crippen molar-refractivity contribution in [2.75, 3.05) is 20.3 Å². The Morgan fingerprint density at radius 2 is 2.00 bits per heavy atom. The van der Waals surface area contributed by atoms with Crippen LogP contribution >= 0.6 is 0 Å². The molecule has 0 aliphatic heterocycles. The van der Waals surface area contributed by atoms with Gasteiger partial charge in [0.05, 0.1) is 6.10 Å². The predicted molar refractivity (Wildman–Crippen MR) is 77.6 cm³/mol. The van der Waals surface area contributed by atoms with E-state index in [1.165, 1.54) is 19.3 Å². The summed E-state index contributed by atoms with van der Waals surface area (Å²) in [5.74, 6) is 0. The highest BCUT2D eigenvalue weighted by Crippen LogP contribution is 2.43. The molecule has 2 aliphatic rings. The molecule has 0 aromatic rings. The van der Waals surface area contributed by atoms with Gasteiger partial charge in [0.1, 0.15) is 0 Å². The van der Waals surface area contributed by atoms with Gasteiger partial charge in [-0.05, 0) is 50.4 Å². The lowest BCUT2D eigenvalue weighted by Gasteiger charge is -2.42. The fourth-order valence-electron chi connectivity index (χ4n) is 3.23. The number of carbonyl (C=O) groups excluding carboxylic acids is 1. The molecule has 2 rings (SSSR count). The third kappa shape index (κ3) is 4.35. The summed E-state index contributed by atoms with van der Waals surface area (Å²) in [7, 11) is 1.73. The van der Waals surface area contributed by atoms with Crippen LogP contribution in [0.5, 0.6) is 0 Å². The van der Waals surface area contributed by atoms with E-state index in [0.29, 0.717) is 0 Å². The number of urea groups is 1. The number of nitrogens with one attached hydrogen (secondary N) is 2. The highest BCUT2D eigenvalue weighted by Gasteiger charge is 2.36. The molecule has 0 heterocycles. The molecule has 2 saturated carbocycles. The van der Waals surface area contributed by atoms with Gasteiger partial charge in [0.15, 0.2) is 0 Å².